The van der Waals surface area contributed by atoms with Gasteiger partial charge in [0.2, 0.25) is 5.91 Å². The van der Waals surface area contributed by atoms with Crippen LogP contribution in [0.5, 0.6) is 11.5 Å². The Balaban J connectivity index is 1.99. The number of ether oxygens (including phenoxy) is 3. The first-order valence-electron chi connectivity index (χ1n) is 7.80. The van der Waals surface area contributed by atoms with Crippen LogP contribution in [0.25, 0.3) is 0 Å². The van der Waals surface area contributed by atoms with E-state index in [2.05, 4.69) is 21.2 Å². The highest BCUT2D eigenvalue weighted by molar-refractivity contribution is 9.10. The number of benzene rings is 1. The Bertz CT molecular complexity index is 608. The van der Waals surface area contributed by atoms with E-state index in [1.807, 2.05) is 24.0 Å². The van der Waals surface area contributed by atoms with Crippen molar-refractivity contribution < 1.29 is 23.8 Å². The zero-order valence-corrected chi connectivity index (χ0v) is 15.3. The molecule has 0 radical (unpaired) electrons. The number of fused-ring (bicyclic) bond motifs is 1. The molecule has 1 aromatic rings. The molecule has 0 bridgehead atoms. The third kappa shape index (κ3) is 5.10. The maximum Gasteiger partial charge on any atom is 0.413 e. The van der Waals surface area contributed by atoms with Crippen LogP contribution in [-0.2, 0) is 16.1 Å². The molecular weight excluding hydrogens is 380 g/mol. The number of likely N-dealkylation sites (N-methyl/N-ethyl adjacent to an activating group) is 1. The van der Waals surface area contributed by atoms with E-state index in [0.717, 1.165) is 10.0 Å². The number of carbonyl (C=O) groups is 2. The van der Waals surface area contributed by atoms with Crippen LogP contribution in [-0.4, -0.2) is 49.8 Å². The lowest BCUT2D eigenvalue weighted by Crippen LogP contribution is -2.40. The molecule has 24 heavy (non-hydrogen) atoms. The highest BCUT2D eigenvalue weighted by Gasteiger charge is 2.18. The second-order valence-electron chi connectivity index (χ2n) is 5.16. The topological polar surface area (TPSA) is 77.1 Å². The van der Waals surface area contributed by atoms with Crippen LogP contribution in [0.4, 0.5) is 4.79 Å². The number of alkyl carbamates (subject to hydrolysis) is 1. The Morgan fingerprint density at radius 2 is 1.92 bits per heavy atom. The number of amides is 2. The number of hydrogen-bond acceptors (Lipinski definition) is 6. The molecule has 7 nitrogen and oxygen atoms in total. The number of nitrogens with one attached hydrogen (secondary N) is 1. The fraction of sp³-hybridized carbons (Fsp3) is 0.500. The fourth-order valence-electron chi connectivity index (χ4n) is 2.27. The molecule has 0 aromatic heterocycles. The first kappa shape index (κ1) is 18.5. The van der Waals surface area contributed by atoms with Crippen LogP contribution in [0, 0.1) is 0 Å². The Hall–Kier alpha value is -1.80. The molecule has 0 aliphatic carbocycles. The van der Waals surface area contributed by atoms with Crippen molar-refractivity contribution in [3.63, 3.8) is 0 Å². The summed E-state index contributed by atoms with van der Waals surface area (Å²) in [6.07, 6.45) is -0.723. The van der Waals surface area contributed by atoms with Gasteiger partial charge in [0, 0.05) is 11.0 Å². The molecular formula is C16H21BrN2O5. The van der Waals surface area contributed by atoms with Crippen molar-refractivity contribution in [1.82, 2.24) is 10.2 Å². The van der Waals surface area contributed by atoms with Crippen molar-refractivity contribution in [1.29, 1.82) is 0 Å². The Kier molecular flexibility index (Phi) is 6.86. The van der Waals surface area contributed by atoms with Gasteiger partial charge >= 0.3 is 6.09 Å². The minimum Gasteiger partial charge on any atom is -0.486 e. The monoisotopic (exact) mass is 400 g/mol. The van der Waals surface area contributed by atoms with Gasteiger partial charge in [0.05, 0.1) is 13.2 Å². The van der Waals surface area contributed by atoms with Crippen LogP contribution < -0.4 is 14.8 Å². The molecule has 0 atom stereocenters. The number of hydrogen-bond donors (Lipinski definition) is 1. The molecule has 0 saturated carbocycles. The van der Waals surface area contributed by atoms with Gasteiger partial charge < -0.3 is 14.2 Å². The standard InChI is InChI=1S/C16H21BrN2O5/c1-3-19(10-15(20)18-16(21)22-4-2)9-11-7-13-14(8-12(11)17)24-6-5-23-13/h7-8H,3-6,9-10H2,1-2H3,(H,18,20,21). The molecule has 1 N–H and O–H groups in total. The normalized spacial score (nSPS) is 12.8. The summed E-state index contributed by atoms with van der Waals surface area (Å²) in [6.45, 7) is 6.19. The van der Waals surface area contributed by atoms with Crippen molar-refractivity contribution in [2.24, 2.45) is 0 Å². The van der Waals surface area contributed by atoms with Gasteiger partial charge in [-0.25, -0.2) is 4.79 Å². The van der Waals surface area contributed by atoms with Crippen LogP contribution in [0.3, 0.4) is 0 Å². The Morgan fingerprint density at radius 3 is 2.54 bits per heavy atom. The van der Waals surface area contributed by atoms with Crippen LogP contribution >= 0.6 is 15.9 Å². The van der Waals surface area contributed by atoms with E-state index in [1.54, 1.807) is 6.92 Å². The van der Waals surface area contributed by atoms with Crippen molar-refractivity contribution in [2.45, 2.75) is 20.4 Å². The lowest BCUT2D eigenvalue weighted by Gasteiger charge is -2.23. The van der Waals surface area contributed by atoms with Crippen molar-refractivity contribution in [3.05, 3.63) is 22.2 Å². The Labute approximate surface area is 149 Å². The molecule has 1 aliphatic heterocycles. The van der Waals surface area contributed by atoms with Gasteiger partial charge in [-0.15, -0.1) is 0 Å². The molecule has 132 valence electrons. The second-order valence-corrected chi connectivity index (χ2v) is 6.01. The van der Waals surface area contributed by atoms with E-state index in [9.17, 15) is 9.59 Å². The maximum absolute atomic E-state index is 11.9. The molecule has 2 amide bonds. The molecule has 0 unspecified atom stereocenters. The minimum absolute atomic E-state index is 0.0934. The fourth-order valence-corrected chi connectivity index (χ4v) is 2.72. The minimum atomic E-state index is -0.723. The van der Waals surface area contributed by atoms with Gasteiger partial charge in [-0.05, 0) is 31.2 Å². The summed E-state index contributed by atoms with van der Waals surface area (Å²) in [4.78, 5) is 25.1. The first-order valence-corrected chi connectivity index (χ1v) is 8.59. The highest BCUT2D eigenvalue weighted by atomic mass is 79.9. The summed E-state index contributed by atoms with van der Waals surface area (Å²) in [6, 6.07) is 3.78. The van der Waals surface area contributed by atoms with Gasteiger partial charge in [-0.3, -0.25) is 15.0 Å². The summed E-state index contributed by atoms with van der Waals surface area (Å²) in [7, 11) is 0. The lowest BCUT2D eigenvalue weighted by molar-refractivity contribution is -0.121. The SMILES string of the molecule is CCOC(=O)NC(=O)CN(CC)Cc1cc2c(cc1Br)OCCO2. The molecule has 0 spiro atoms. The molecule has 0 saturated heterocycles. The molecule has 1 heterocycles. The summed E-state index contributed by atoms with van der Waals surface area (Å²) >= 11 is 3.52. The van der Waals surface area contributed by atoms with Crippen molar-refractivity contribution >= 4 is 27.9 Å². The third-order valence-electron chi connectivity index (χ3n) is 3.44. The molecule has 0 fully saturated rings. The van der Waals surface area contributed by atoms with Crippen LogP contribution in [0.2, 0.25) is 0 Å². The van der Waals surface area contributed by atoms with E-state index in [1.165, 1.54) is 0 Å². The van der Waals surface area contributed by atoms with E-state index < -0.39 is 12.0 Å². The predicted octanol–water partition coefficient (Wildman–Crippen LogP) is 2.31. The van der Waals surface area contributed by atoms with Gasteiger partial charge in [-0.1, -0.05) is 22.9 Å². The summed E-state index contributed by atoms with van der Waals surface area (Å²) < 4.78 is 16.7. The summed E-state index contributed by atoms with van der Waals surface area (Å²) in [5.74, 6) is 1.01. The molecule has 8 heteroatoms. The maximum atomic E-state index is 11.9. The Morgan fingerprint density at radius 1 is 1.25 bits per heavy atom. The average Bonchev–Trinajstić information content (AvgIpc) is 2.54. The smallest absolute Gasteiger partial charge is 0.413 e. The van der Waals surface area contributed by atoms with Gasteiger partial charge in [0.25, 0.3) is 0 Å². The lowest BCUT2D eigenvalue weighted by atomic mass is 10.1. The first-order chi connectivity index (χ1) is 11.5. The molecule has 1 aliphatic rings. The van der Waals surface area contributed by atoms with Crippen molar-refractivity contribution in [3.8, 4) is 11.5 Å². The average molecular weight is 401 g/mol. The van der Waals surface area contributed by atoms with Gasteiger partial charge in [0.15, 0.2) is 11.5 Å². The van der Waals surface area contributed by atoms with E-state index in [4.69, 9.17) is 14.2 Å². The quantitative estimate of drug-likeness (QED) is 0.789. The summed E-state index contributed by atoms with van der Waals surface area (Å²) in [5.41, 5.74) is 0.977. The molecule has 1 aromatic carbocycles. The van der Waals surface area contributed by atoms with Gasteiger partial charge in [-0.2, -0.15) is 0 Å². The predicted molar refractivity (Wildman–Crippen MR) is 91.2 cm³/mol. The zero-order chi connectivity index (χ0) is 17.5. The van der Waals surface area contributed by atoms with Gasteiger partial charge in [0.1, 0.15) is 13.2 Å². The number of halogens is 1. The third-order valence-corrected chi connectivity index (χ3v) is 4.17. The number of imide groups is 1. The van der Waals surface area contributed by atoms with E-state index in [-0.39, 0.29) is 13.2 Å². The number of rotatable bonds is 6. The van der Waals surface area contributed by atoms with Crippen molar-refractivity contribution in [2.75, 3.05) is 32.9 Å². The molecule has 2 rings (SSSR count). The van der Waals surface area contributed by atoms with Crippen LogP contribution in [0.15, 0.2) is 16.6 Å². The highest BCUT2D eigenvalue weighted by Crippen LogP contribution is 2.35. The number of carbonyl (C=O) groups excluding carboxylic acids is 2. The zero-order valence-electron chi connectivity index (χ0n) is 13.8. The van der Waals surface area contributed by atoms with Crippen LogP contribution in [0.1, 0.15) is 19.4 Å². The van der Waals surface area contributed by atoms with E-state index in [0.29, 0.717) is 37.8 Å². The summed E-state index contributed by atoms with van der Waals surface area (Å²) in [5, 5.41) is 2.20. The van der Waals surface area contributed by atoms with E-state index >= 15 is 0 Å². The number of nitrogens with zero attached hydrogens (tertiary/aromatic N) is 1. The largest absolute Gasteiger partial charge is 0.486 e. The second kappa shape index (κ2) is 8.89.